The maximum absolute atomic E-state index is 4.33. The Hall–Kier alpha value is -2.49. The Labute approximate surface area is 111 Å². The molecule has 94 valence electrons. The van der Waals surface area contributed by atoms with Gasteiger partial charge in [0.15, 0.2) is 5.82 Å². The van der Waals surface area contributed by atoms with E-state index >= 15 is 0 Å². The van der Waals surface area contributed by atoms with E-state index in [-0.39, 0.29) is 0 Å². The lowest BCUT2D eigenvalue weighted by Crippen LogP contribution is -2.01. The molecule has 0 fully saturated rings. The highest BCUT2D eigenvalue weighted by molar-refractivity contribution is 5.93. The Balaban J connectivity index is 2.10. The summed E-state index contributed by atoms with van der Waals surface area (Å²) in [4.78, 5) is 4.13. The lowest BCUT2D eigenvalue weighted by molar-refractivity contribution is 0.956. The monoisotopic (exact) mass is 250 g/mol. The molecule has 2 heterocycles. The molecular weight excluding hydrogens is 236 g/mol. The number of nitrogens with zero attached hydrogens (tertiary/aromatic N) is 3. The van der Waals surface area contributed by atoms with E-state index in [4.69, 9.17) is 0 Å². The highest BCUT2D eigenvalue weighted by Crippen LogP contribution is 2.23. The highest BCUT2D eigenvalue weighted by atomic mass is 15.2. The number of benzene rings is 1. The Morgan fingerprint density at radius 1 is 1.00 bits per heavy atom. The molecule has 4 heteroatoms. The molecule has 2 aromatic heterocycles. The van der Waals surface area contributed by atoms with Gasteiger partial charge in [-0.15, -0.1) is 5.10 Å². The maximum Gasteiger partial charge on any atom is 0.156 e. The summed E-state index contributed by atoms with van der Waals surface area (Å²) in [5.41, 5.74) is 2.11. The van der Waals surface area contributed by atoms with Gasteiger partial charge in [-0.05, 0) is 11.6 Å². The van der Waals surface area contributed by atoms with Crippen molar-refractivity contribution in [3.63, 3.8) is 0 Å². The normalized spacial score (nSPS) is 10.6. The second kappa shape index (κ2) is 5.02. The Morgan fingerprint density at radius 2 is 1.84 bits per heavy atom. The van der Waals surface area contributed by atoms with E-state index in [0.717, 1.165) is 34.3 Å². The van der Waals surface area contributed by atoms with Gasteiger partial charge in [-0.1, -0.05) is 30.3 Å². The Bertz CT molecular complexity index is 695. The zero-order valence-corrected chi connectivity index (χ0v) is 10.7. The molecule has 0 aliphatic carbocycles. The van der Waals surface area contributed by atoms with Gasteiger partial charge in [0.2, 0.25) is 0 Å². The number of hydrogen-bond donors (Lipinski definition) is 1. The molecule has 1 N–H and O–H groups in total. The van der Waals surface area contributed by atoms with Crippen molar-refractivity contribution in [2.75, 3.05) is 12.4 Å². The number of nitrogens with one attached hydrogen (secondary N) is 1. The summed E-state index contributed by atoms with van der Waals surface area (Å²) < 4.78 is 0. The first kappa shape index (κ1) is 11.6. The molecule has 0 saturated carbocycles. The topological polar surface area (TPSA) is 50.7 Å². The minimum absolute atomic E-state index is 0.741. The van der Waals surface area contributed by atoms with Crippen molar-refractivity contribution in [3.05, 3.63) is 60.0 Å². The fourth-order valence-corrected chi connectivity index (χ4v) is 2.17. The summed E-state index contributed by atoms with van der Waals surface area (Å²) >= 11 is 0. The van der Waals surface area contributed by atoms with Crippen LogP contribution in [0.15, 0.2) is 48.8 Å². The van der Waals surface area contributed by atoms with Crippen LogP contribution in [0.4, 0.5) is 5.82 Å². The van der Waals surface area contributed by atoms with Crippen molar-refractivity contribution in [2.45, 2.75) is 6.42 Å². The van der Waals surface area contributed by atoms with Gasteiger partial charge in [0, 0.05) is 36.6 Å². The van der Waals surface area contributed by atoms with Gasteiger partial charge in [0.25, 0.3) is 0 Å². The minimum atomic E-state index is 0.741. The van der Waals surface area contributed by atoms with Crippen LogP contribution < -0.4 is 5.32 Å². The average Bonchev–Trinajstić information content (AvgIpc) is 2.49. The van der Waals surface area contributed by atoms with Crippen LogP contribution in [-0.2, 0) is 6.42 Å². The van der Waals surface area contributed by atoms with E-state index in [1.54, 1.807) is 6.20 Å². The number of anilines is 1. The van der Waals surface area contributed by atoms with E-state index < -0.39 is 0 Å². The molecular formula is C15H14N4. The third kappa shape index (κ3) is 2.25. The predicted molar refractivity (Wildman–Crippen MR) is 76.1 cm³/mol. The van der Waals surface area contributed by atoms with Crippen molar-refractivity contribution >= 4 is 16.6 Å². The molecule has 19 heavy (non-hydrogen) atoms. The average molecular weight is 250 g/mol. The number of pyridine rings is 1. The van der Waals surface area contributed by atoms with E-state index in [1.807, 2.05) is 31.4 Å². The van der Waals surface area contributed by atoms with Gasteiger partial charge in [0.05, 0.1) is 5.69 Å². The predicted octanol–water partition coefficient (Wildman–Crippen LogP) is 2.66. The van der Waals surface area contributed by atoms with Crippen LogP contribution in [0, 0.1) is 0 Å². The second-order valence-corrected chi connectivity index (χ2v) is 4.33. The van der Waals surface area contributed by atoms with Crippen LogP contribution in [0.3, 0.4) is 0 Å². The van der Waals surface area contributed by atoms with Crippen molar-refractivity contribution < 1.29 is 0 Å². The Morgan fingerprint density at radius 3 is 2.58 bits per heavy atom. The van der Waals surface area contributed by atoms with Crippen molar-refractivity contribution in [1.29, 1.82) is 0 Å². The molecule has 0 unspecified atom stereocenters. The molecule has 0 atom stereocenters. The van der Waals surface area contributed by atoms with Crippen LogP contribution >= 0.6 is 0 Å². The van der Waals surface area contributed by atoms with E-state index in [9.17, 15) is 0 Å². The quantitative estimate of drug-likeness (QED) is 0.776. The van der Waals surface area contributed by atoms with E-state index in [2.05, 4.69) is 38.7 Å². The lowest BCUT2D eigenvalue weighted by Gasteiger charge is -2.08. The van der Waals surface area contributed by atoms with Gasteiger partial charge in [-0.2, -0.15) is 5.10 Å². The van der Waals surface area contributed by atoms with Crippen LogP contribution in [0.1, 0.15) is 11.3 Å². The smallest absolute Gasteiger partial charge is 0.156 e. The largest absolute Gasteiger partial charge is 0.371 e. The minimum Gasteiger partial charge on any atom is -0.371 e. The summed E-state index contributed by atoms with van der Waals surface area (Å²) in [6.07, 6.45) is 4.38. The second-order valence-electron chi connectivity index (χ2n) is 4.33. The van der Waals surface area contributed by atoms with Gasteiger partial charge in [0.1, 0.15) is 0 Å². The number of fused-ring (bicyclic) bond motifs is 1. The van der Waals surface area contributed by atoms with Crippen molar-refractivity contribution in [1.82, 2.24) is 15.2 Å². The van der Waals surface area contributed by atoms with E-state index in [0.29, 0.717) is 0 Å². The fourth-order valence-electron chi connectivity index (χ4n) is 2.17. The summed E-state index contributed by atoms with van der Waals surface area (Å²) in [5.74, 6) is 0.811. The van der Waals surface area contributed by atoms with Crippen molar-refractivity contribution in [2.24, 2.45) is 0 Å². The van der Waals surface area contributed by atoms with Crippen LogP contribution in [0.5, 0.6) is 0 Å². The molecule has 4 nitrogen and oxygen atoms in total. The molecule has 0 saturated heterocycles. The fraction of sp³-hybridized carbons (Fsp3) is 0.133. The van der Waals surface area contributed by atoms with E-state index in [1.165, 1.54) is 0 Å². The number of rotatable bonds is 3. The third-order valence-electron chi connectivity index (χ3n) is 3.09. The van der Waals surface area contributed by atoms with Crippen molar-refractivity contribution in [3.8, 4) is 0 Å². The molecule has 0 aliphatic rings. The zero-order valence-electron chi connectivity index (χ0n) is 10.7. The maximum atomic E-state index is 4.33. The molecule has 1 aromatic carbocycles. The first-order chi connectivity index (χ1) is 9.38. The first-order valence-electron chi connectivity index (χ1n) is 6.19. The summed E-state index contributed by atoms with van der Waals surface area (Å²) in [5, 5.41) is 13.9. The van der Waals surface area contributed by atoms with Crippen LogP contribution in [0.2, 0.25) is 0 Å². The van der Waals surface area contributed by atoms with Gasteiger partial charge < -0.3 is 5.32 Å². The molecule has 3 rings (SSSR count). The van der Waals surface area contributed by atoms with Crippen LogP contribution in [-0.4, -0.2) is 22.2 Å². The first-order valence-corrected chi connectivity index (χ1v) is 6.19. The molecule has 0 bridgehead atoms. The standard InChI is InChI=1S/C15H14N4/c1-16-15-13-7-3-2-6-12(13)14(18-19-15)9-11-5-4-8-17-10-11/h2-8,10H,9H2,1H3,(H,16,19). The zero-order chi connectivity index (χ0) is 13.1. The highest BCUT2D eigenvalue weighted by Gasteiger charge is 2.08. The van der Waals surface area contributed by atoms with Crippen LogP contribution in [0.25, 0.3) is 10.8 Å². The van der Waals surface area contributed by atoms with Gasteiger partial charge in [-0.3, -0.25) is 4.98 Å². The molecule has 0 spiro atoms. The summed E-state index contributed by atoms with van der Waals surface area (Å²) in [6.45, 7) is 0. The van der Waals surface area contributed by atoms with Gasteiger partial charge >= 0.3 is 0 Å². The number of hydrogen-bond acceptors (Lipinski definition) is 4. The molecule has 0 aliphatic heterocycles. The lowest BCUT2D eigenvalue weighted by atomic mass is 10.1. The molecule has 0 radical (unpaired) electrons. The van der Waals surface area contributed by atoms with Gasteiger partial charge in [-0.25, -0.2) is 0 Å². The third-order valence-corrected chi connectivity index (χ3v) is 3.09. The Kier molecular flexibility index (Phi) is 3.06. The molecule has 0 amide bonds. The summed E-state index contributed by atoms with van der Waals surface area (Å²) in [6, 6.07) is 12.2. The molecule has 3 aromatic rings. The number of aromatic nitrogens is 3. The SMILES string of the molecule is CNc1nnc(Cc2cccnc2)c2ccccc12. The summed E-state index contributed by atoms with van der Waals surface area (Å²) in [7, 11) is 1.86.